The highest BCUT2D eigenvalue weighted by molar-refractivity contribution is 5.80. The van der Waals surface area contributed by atoms with E-state index in [4.69, 9.17) is 0 Å². The fraction of sp³-hybridized carbons (Fsp3) is 0.385. The Bertz CT molecular complexity index is 584. The maximum Gasteiger partial charge on any atom is 0.274 e. The summed E-state index contributed by atoms with van der Waals surface area (Å²) in [6.07, 6.45) is 2.90. The molecule has 1 fully saturated rings. The Hall–Kier alpha value is -1.68. The van der Waals surface area contributed by atoms with E-state index in [1.165, 1.54) is 0 Å². The van der Waals surface area contributed by atoms with Gasteiger partial charge in [0.05, 0.1) is 11.6 Å². The predicted octanol–water partition coefficient (Wildman–Crippen LogP) is 1.01. The van der Waals surface area contributed by atoms with Crippen molar-refractivity contribution < 1.29 is 0 Å². The van der Waals surface area contributed by atoms with E-state index in [0.717, 1.165) is 36.8 Å². The van der Waals surface area contributed by atoms with Gasteiger partial charge >= 0.3 is 0 Å². The van der Waals surface area contributed by atoms with Gasteiger partial charge in [-0.2, -0.15) is 5.10 Å². The highest BCUT2D eigenvalue weighted by atomic mass is 16.1. The van der Waals surface area contributed by atoms with E-state index in [1.54, 1.807) is 10.9 Å². The van der Waals surface area contributed by atoms with Crippen LogP contribution in [0.25, 0.3) is 10.8 Å². The van der Waals surface area contributed by atoms with Gasteiger partial charge in [0.2, 0.25) is 0 Å². The van der Waals surface area contributed by atoms with Crippen LogP contribution in [0.1, 0.15) is 6.42 Å². The number of fused-ring (bicyclic) bond motifs is 1. The summed E-state index contributed by atoms with van der Waals surface area (Å²) in [4.78, 5) is 12.2. The van der Waals surface area contributed by atoms with E-state index in [-0.39, 0.29) is 5.56 Å². The maximum absolute atomic E-state index is 12.2. The van der Waals surface area contributed by atoms with E-state index in [0.29, 0.717) is 5.92 Å². The SMILES string of the molecule is O=c1c2ccccc2cnn1CC1CCNC1. The Labute approximate surface area is 99.3 Å². The zero-order valence-electron chi connectivity index (χ0n) is 9.60. The summed E-state index contributed by atoms with van der Waals surface area (Å²) in [5.41, 5.74) is 0.0231. The van der Waals surface area contributed by atoms with Crippen molar-refractivity contribution in [2.45, 2.75) is 13.0 Å². The first-order valence-corrected chi connectivity index (χ1v) is 6.00. The Kier molecular flexibility index (Phi) is 2.65. The second-order valence-electron chi connectivity index (χ2n) is 4.58. The van der Waals surface area contributed by atoms with E-state index >= 15 is 0 Å². The summed E-state index contributed by atoms with van der Waals surface area (Å²) < 4.78 is 1.60. The lowest BCUT2D eigenvalue weighted by Crippen LogP contribution is -2.27. The van der Waals surface area contributed by atoms with Crippen molar-refractivity contribution in [3.8, 4) is 0 Å². The quantitative estimate of drug-likeness (QED) is 0.836. The predicted molar refractivity (Wildman–Crippen MR) is 67.0 cm³/mol. The van der Waals surface area contributed by atoms with Crippen molar-refractivity contribution >= 4 is 10.8 Å². The second-order valence-corrected chi connectivity index (χ2v) is 4.58. The van der Waals surface area contributed by atoms with Gasteiger partial charge in [0.25, 0.3) is 5.56 Å². The Morgan fingerprint density at radius 3 is 3.12 bits per heavy atom. The van der Waals surface area contributed by atoms with Crippen molar-refractivity contribution in [3.63, 3.8) is 0 Å². The number of hydrogen-bond acceptors (Lipinski definition) is 3. The zero-order valence-corrected chi connectivity index (χ0v) is 9.60. The number of aromatic nitrogens is 2. The molecule has 88 valence electrons. The van der Waals surface area contributed by atoms with Crippen molar-refractivity contribution in [1.29, 1.82) is 0 Å². The molecule has 0 bridgehead atoms. The molecular weight excluding hydrogens is 214 g/mol. The molecule has 1 unspecified atom stereocenters. The van der Waals surface area contributed by atoms with Crippen LogP contribution in [-0.4, -0.2) is 22.9 Å². The lowest BCUT2D eigenvalue weighted by molar-refractivity contribution is 0.436. The van der Waals surface area contributed by atoms with Gasteiger partial charge in [-0.25, -0.2) is 4.68 Å². The van der Waals surface area contributed by atoms with Gasteiger partial charge in [0.15, 0.2) is 0 Å². The number of benzene rings is 1. The van der Waals surface area contributed by atoms with Gasteiger partial charge < -0.3 is 5.32 Å². The molecule has 1 atom stereocenters. The van der Waals surface area contributed by atoms with Gasteiger partial charge in [-0.3, -0.25) is 4.79 Å². The topological polar surface area (TPSA) is 46.9 Å². The third-order valence-corrected chi connectivity index (χ3v) is 3.36. The van der Waals surface area contributed by atoms with E-state index < -0.39 is 0 Å². The molecule has 1 saturated heterocycles. The summed E-state index contributed by atoms with van der Waals surface area (Å²) in [7, 11) is 0. The van der Waals surface area contributed by atoms with E-state index in [1.807, 2.05) is 24.3 Å². The largest absolute Gasteiger partial charge is 0.316 e. The number of nitrogens with one attached hydrogen (secondary N) is 1. The van der Waals surface area contributed by atoms with Crippen LogP contribution < -0.4 is 10.9 Å². The van der Waals surface area contributed by atoms with Gasteiger partial charge in [-0.1, -0.05) is 18.2 Å². The van der Waals surface area contributed by atoms with Crippen LogP contribution in [-0.2, 0) is 6.54 Å². The summed E-state index contributed by atoms with van der Waals surface area (Å²) in [5, 5.41) is 9.23. The van der Waals surface area contributed by atoms with Crippen LogP contribution in [0.5, 0.6) is 0 Å². The van der Waals surface area contributed by atoms with E-state index in [2.05, 4.69) is 10.4 Å². The molecule has 0 radical (unpaired) electrons. The fourth-order valence-corrected chi connectivity index (χ4v) is 2.37. The van der Waals surface area contributed by atoms with Crippen molar-refractivity contribution in [1.82, 2.24) is 15.1 Å². The molecular formula is C13H15N3O. The molecule has 1 N–H and O–H groups in total. The first-order valence-electron chi connectivity index (χ1n) is 6.00. The summed E-state index contributed by atoms with van der Waals surface area (Å²) >= 11 is 0. The second kappa shape index (κ2) is 4.30. The Balaban J connectivity index is 1.99. The summed E-state index contributed by atoms with van der Waals surface area (Å²) in [5.74, 6) is 0.529. The normalized spacial score (nSPS) is 19.9. The number of hydrogen-bond donors (Lipinski definition) is 1. The zero-order chi connectivity index (χ0) is 11.7. The average Bonchev–Trinajstić information content (AvgIpc) is 2.86. The minimum atomic E-state index is 0.0231. The minimum Gasteiger partial charge on any atom is -0.316 e. The third kappa shape index (κ3) is 1.96. The van der Waals surface area contributed by atoms with Crippen LogP contribution in [0.3, 0.4) is 0 Å². The molecule has 4 heteroatoms. The molecule has 3 rings (SSSR count). The molecule has 17 heavy (non-hydrogen) atoms. The van der Waals surface area contributed by atoms with Crippen LogP contribution in [0.15, 0.2) is 35.3 Å². The molecule has 2 aromatic rings. The maximum atomic E-state index is 12.2. The van der Waals surface area contributed by atoms with Crippen LogP contribution in [0.2, 0.25) is 0 Å². The van der Waals surface area contributed by atoms with Crippen molar-refractivity contribution in [2.24, 2.45) is 5.92 Å². The molecule has 4 nitrogen and oxygen atoms in total. The summed E-state index contributed by atoms with van der Waals surface area (Å²) in [6, 6.07) is 7.60. The van der Waals surface area contributed by atoms with Crippen molar-refractivity contribution in [2.75, 3.05) is 13.1 Å². The molecule has 0 saturated carbocycles. The lowest BCUT2D eigenvalue weighted by atomic mass is 10.1. The molecule has 1 aromatic carbocycles. The minimum absolute atomic E-state index is 0.0231. The first-order chi connectivity index (χ1) is 8.34. The van der Waals surface area contributed by atoms with Gasteiger partial charge in [-0.05, 0) is 31.5 Å². The van der Waals surface area contributed by atoms with Gasteiger partial charge in [-0.15, -0.1) is 0 Å². The van der Waals surface area contributed by atoms with Crippen LogP contribution >= 0.6 is 0 Å². The lowest BCUT2D eigenvalue weighted by Gasteiger charge is -2.10. The summed E-state index contributed by atoms with van der Waals surface area (Å²) in [6.45, 7) is 2.75. The first kappa shape index (κ1) is 10.5. The smallest absolute Gasteiger partial charge is 0.274 e. The molecule has 1 aliphatic rings. The van der Waals surface area contributed by atoms with E-state index in [9.17, 15) is 4.79 Å². The van der Waals surface area contributed by atoms with Gasteiger partial charge in [0.1, 0.15) is 0 Å². The van der Waals surface area contributed by atoms with Crippen LogP contribution in [0.4, 0.5) is 0 Å². The van der Waals surface area contributed by atoms with Crippen LogP contribution in [0, 0.1) is 5.92 Å². The molecule has 1 aromatic heterocycles. The highest BCUT2D eigenvalue weighted by Gasteiger charge is 2.16. The number of nitrogens with zero attached hydrogens (tertiary/aromatic N) is 2. The Morgan fingerprint density at radius 2 is 2.29 bits per heavy atom. The standard InChI is InChI=1S/C13H15N3O/c17-13-12-4-2-1-3-11(12)8-15-16(13)9-10-5-6-14-7-10/h1-4,8,10,14H,5-7,9H2. The highest BCUT2D eigenvalue weighted by Crippen LogP contribution is 2.10. The molecule has 0 spiro atoms. The monoisotopic (exact) mass is 229 g/mol. The Morgan fingerprint density at radius 1 is 1.41 bits per heavy atom. The molecule has 0 amide bonds. The van der Waals surface area contributed by atoms with Gasteiger partial charge in [0, 0.05) is 11.9 Å². The molecule has 1 aliphatic heterocycles. The molecule has 0 aliphatic carbocycles. The fourth-order valence-electron chi connectivity index (χ4n) is 2.37. The third-order valence-electron chi connectivity index (χ3n) is 3.36. The molecule has 2 heterocycles. The van der Waals surface area contributed by atoms with Crippen molar-refractivity contribution in [3.05, 3.63) is 40.8 Å². The average molecular weight is 229 g/mol. The number of rotatable bonds is 2.